The van der Waals surface area contributed by atoms with Gasteiger partial charge >= 0.3 is 0 Å². The summed E-state index contributed by atoms with van der Waals surface area (Å²) >= 11 is 12.7. The molecule has 0 saturated heterocycles. The van der Waals surface area contributed by atoms with E-state index in [9.17, 15) is 0 Å². The number of halogens is 3. The van der Waals surface area contributed by atoms with Crippen LogP contribution in [0.2, 0.25) is 5.02 Å². The van der Waals surface area contributed by atoms with Crippen LogP contribution < -0.4 is 5.73 Å². The van der Waals surface area contributed by atoms with Crippen LogP contribution >= 0.6 is 43.5 Å². The third kappa shape index (κ3) is 2.61. The van der Waals surface area contributed by atoms with Gasteiger partial charge in [0.15, 0.2) is 5.82 Å². The normalized spacial score (nSPS) is 10.6. The zero-order chi connectivity index (χ0) is 12.6. The highest BCUT2D eigenvalue weighted by Gasteiger charge is 2.09. The van der Waals surface area contributed by atoms with Crippen LogP contribution in [0.4, 0.5) is 5.82 Å². The van der Waals surface area contributed by atoms with Crippen molar-refractivity contribution >= 4 is 49.3 Å². The van der Waals surface area contributed by atoms with E-state index in [0.717, 1.165) is 20.2 Å². The first-order valence-electron chi connectivity index (χ1n) is 4.74. The Balaban J connectivity index is 2.57. The monoisotopic (exact) mass is 375 g/mol. The molecule has 0 aliphatic rings. The van der Waals surface area contributed by atoms with Gasteiger partial charge in [0.2, 0.25) is 0 Å². The first-order chi connectivity index (χ1) is 7.99. The largest absolute Gasteiger partial charge is 0.383 e. The van der Waals surface area contributed by atoms with Crippen LogP contribution in [0, 0.1) is 6.92 Å². The van der Waals surface area contributed by atoms with E-state index in [4.69, 9.17) is 17.3 Å². The van der Waals surface area contributed by atoms with Crippen LogP contribution in [-0.2, 0) is 0 Å². The van der Waals surface area contributed by atoms with E-state index >= 15 is 0 Å². The molecule has 0 spiro atoms. The molecule has 0 bridgehead atoms. The summed E-state index contributed by atoms with van der Waals surface area (Å²) in [5.41, 5.74) is 7.42. The lowest BCUT2D eigenvalue weighted by Gasteiger charge is -2.06. The molecule has 0 atom stereocenters. The van der Waals surface area contributed by atoms with E-state index < -0.39 is 0 Å². The molecule has 0 radical (unpaired) electrons. The van der Waals surface area contributed by atoms with Crippen LogP contribution in [0.5, 0.6) is 0 Å². The minimum absolute atomic E-state index is 0.423. The van der Waals surface area contributed by atoms with Crippen LogP contribution in [0.1, 0.15) is 5.69 Å². The summed E-state index contributed by atoms with van der Waals surface area (Å²) in [6.45, 7) is 1.87. The number of anilines is 1. The summed E-state index contributed by atoms with van der Waals surface area (Å²) in [6, 6.07) is 5.54. The lowest BCUT2D eigenvalue weighted by molar-refractivity contribution is 1.10. The number of hydrogen-bond donors (Lipinski definition) is 1. The smallest absolute Gasteiger partial charge is 0.161 e. The maximum absolute atomic E-state index is 6.03. The third-order valence-corrected chi connectivity index (χ3v) is 4.43. The van der Waals surface area contributed by atoms with Gasteiger partial charge in [0.25, 0.3) is 0 Å². The highest BCUT2D eigenvalue weighted by Crippen LogP contribution is 2.29. The molecule has 0 amide bonds. The van der Waals surface area contributed by atoms with Crippen LogP contribution in [-0.4, -0.2) is 9.97 Å². The number of rotatable bonds is 1. The number of aryl methyl sites for hydroxylation is 1. The minimum atomic E-state index is 0.423. The van der Waals surface area contributed by atoms with Gasteiger partial charge in [-0.1, -0.05) is 11.6 Å². The van der Waals surface area contributed by atoms with E-state index in [1.807, 2.05) is 19.1 Å². The zero-order valence-electron chi connectivity index (χ0n) is 8.84. The van der Waals surface area contributed by atoms with Crippen molar-refractivity contribution in [3.8, 4) is 11.4 Å². The average molecular weight is 377 g/mol. The molecule has 2 N–H and O–H groups in total. The molecule has 2 aromatic rings. The Kier molecular flexibility index (Phi) is 3.70. The minimum Gasteiger partial charge on any atom is -0.383 e. The predicted molar refractivity (Wildman–Crippen MR) is 77.0 cm³/mol. The Labute approximate surface area is 121 Å². The van der Waals surface area contributed by atoms with Crippen molar-refractivity contribution in [3.05, 3.63) is 37.9 Å². The van der Waals surface area contributed by atoms with Crippen LogP contribution in [0.3, 0.4) is 0 Å². The van der Waals surface area contributed by atoms with Crippen molar-refractivity contribution in [2.45, 2.75) is 6.92 Å². The van der Waals surface area contributed by atoms with Gasteiger partial charge in [0.05, 0.1) is 15.2 Å². The van der Waals surface area contributed by atoms with Gasteiger partial charge in [-0.2, -0.15) is 0 Å². The molecule has 0 saturated carbocycles. The maximum Gasteiger partial charge on any atom is 0.161 e. The Hall–Kier alpha value is -0.650. The molecule has 0 unspecified atom stereocenters. The Morgan fingerprint density at radius 2 is 1.94 bits per heavy atom. The van der Waals surface area contributed by atoms with Crippen molar-refractivity contribution in [2.75, 3.05) is 5.73 Å². The molecule has 0 fully saturated rings. The summed E-state index contributed by atoms with van der Waals surface area (Å²) < 4.78 is 1.56. The van der Waals surface area contributed by atoms with Crippen molar-refractivity contribution in [2.24, 2.45) is 0 Å². The standard InChI is InChI=1S/C11H8Br2ClN3/c1-5-9(13)10(15)17-11(16-5)6-2-3-7(12)8(14)4-6/h2-4H,1H3,(H2,15,16,17). The SMILES string of the molecule is Cc1nc(-c2ccc(Br)c(Cl)c2)nc(N)c1Br. The number of benzene rings is 1. The van der Waals surface area contributed by atoms with Crippen LogP contribution in [0.15, 0.2) is 27.1 Å². The Morgan fingerprint density at radius 1 is 1.24 bits per heavy atom. The second kappa shape index (κ2) is 4.92. The van der Waals surface area contributed by atoms with Gasteiger partial charge in [-0.15, -0.1) is 0 Å². The maximum atomic E-state index is 6.03. The molecule has 0 aliphatic heterocycles. The van der Waals surface area contributed by atoms with Crippen LogP contribution in [0.25, 0.3) is 11.4 Å². The zero-order valence-corrected chi connectivity index (χ0v) is 12.8. The van der Waals surface area contributed by atoms with E-state index in [1.165, 1.54) is 0 Å². The van der Waals surface area contributed by atoms with Crippen molar-refractivity contribution in [3.63, 3.8) is 0 Å². The Bertz CT molecular complexity index is 564. The fourth-order valence-electron chi connectivity index (χ4n) is 1.35. The summed E-state index contributed by atoms with van der Waals surface area (Å²) in [7, 11) is 0. The first kappa shape index (κ1) is 12.8. The van der Waals surface area contributed by atoms with Gasteiger partial charge in [-0.05, 0) is 57.0 Å². The molecule has 1 aromatic heterocycles. The molecule has 0 aliphatic carbocycles. The quantitative estimate of drug-likeness (QED) is 0.810. The predicted octanol–water partition coefficient (Wildman–Crippen LogP) is 4.21. The number of aromatic nitrogens is 2. The number of nitrogens with two attached hydrogens (primary N) is 1. The summed E-state index contributed by atoms with van der Waals surface area (Å²) in [5.74, 6) is 0.990. The summed E-state index contributed by atoms with van der Waals surface area (Å²) in [5, 5.41) is 0.616. The van der Waals surface area contributed by atoms with Crippen molar-refractivity contribution < 1.29 is 0 Å². The second-order valence-electron chi connectivity index (χ2n) is 3.46. The van der Waals surface area contributed by atoms with Gasteiger partial charge in [-0.25, -0.2) is 9.97 Å². The highest BCUT2D eigenvalue weighted by molar-refractivity contribution is 9.11. The molecular formula is C11H8Br2ClN3. The Morgan fingerprint density at radius 3 is 2.53 bits per heavy atom. The topological polar surface area (TPSA) is 51.8 Å². The highest BCUT2D eigenvalue weighted by atomic mass is 79.9. The molecular weight excluding hydrogens is 369 g/mol. The second-order valence-corrected chi connectivity index (χ2v) is 5.52. The van der Waals surface area contributed by atoms with E-state index in [2.05, 4.69) is 41.8 Å². The summed E-state index contributed by atoms with van der Waals surface area (Å²) in [6.07, 6.45) is 0. The molecule has 17 heavy (non-hydrogen) atoms. The number of hydrogen-bond acceptors (Lipinski definition) is 3. The number of nitrogen functional groups attached to an aromatic ring is 1. The molecule has 6 heteroatoms. The third-order valence-electron chi connectivity index (χ3n) is 2.22. The van der Waals surface area contributed by atoms with Gasteiger partial charge in [-0.3, -0.25) is 0 Å². The number of nitrogens with zero attached hydrogens (tertiary/aromatic N) is 2. The van der Waals surface area contributed by atoms with Crippen molar-refractivity contribution in [1.29, 1.82) is 0 Å². The summed E-state index contributed by atoms with van der Waals surface area (Å²) in [4.78, 5) is 8.58. The molecule has 1 aromatic carbocycles. The fraction of sp³-hybridized carbons (Fsp3) is 0.0909. The van der Waals surface area contributed by atoms with E-state index in [-0.39, 0.29) is 0 Å². The van der Waals surface area contributed by atoms with E-state index in [1.54, 1.807) is 6.07 Å². The lowest BCUT2D eigenvalue weighted by atomic mass is 10.2. The fourth-order valence-corrected chi connectivity index (χ4v) is 1.95. The molecule has 3 nitrogen and oxygen atoms in total. The average Bonchev–Trinajstić information content (AvgIpc) is 2.29. The van der Waals surface area contributed by atoms with Gasteiger partial charge in [0, 0.05) is 10.0 Å². The molecule has 88 valence electrons. The van der Waals surface area contributed by atoms with E-state index in [0.29, 0.717) is 16.7 Å². The first-order valence-corrected chi connectivity index (χ1v) is 6.70. The van der Waals surface area contributed by atoms with Gasteiger partial charge in [0.1, 0.15) is 5.82 Å². The molecule has 1 heterocycles. The van der Waals surface area contributed by atoms with Gasteiger partial charge < -0.3 is 5.73 Å². The van der Waals surface area contributed by atoms with Crippen molar-refractivity contribution in [1.82, 2.24) is 9.97 Å². The lowest BCUT2D eigenvalue weighted by Crippen LogP contribution is -2.00. The molecule has 2 rings (SSSR count).